The largest absolute Gasteiger partial charge is 0.478 e. The lowest BCUT2D eigenvalue weighted by molar-refractivity contribution is -0.107. The predicted octanol–water partition coefficient (Wildman–Crippen LogP) is 5.47. The van der Waals surface area contributed by atoms with E-state index in [2.05, 4.69) is 21.7 Å². The second-order valence-electron chi connectivity index (χ2n) is 8.45. The van der Waals surface area contributed by atoms with Gasteiger partial charge in [-0.3, -0.25) is 4.98 Å². The number of aromatic nitrogens is 2. The molecule has 2 N–H and O–H groups in total. The monoisotopic (exact) mass is 490 g/mol. The average molecular weight is 491 g/mol. The van der Waals surface area contributed by atoms with E-state index in [0.29, 0.717) is 13.0 Å². The fraction of sp³-hybridized carbons (Fsp3) is 0.667. The number of ether oxygens (including phenoxy) is 1. The quantitative estimate of drug-likeness (QED) is 0.541. The summed E-state index contributed by atoms with van der Waals surface area (Å²) < 4.78 is 5.54. The smallest absolute Gasteiger partial charge is 0.213 e. The Morgan fingerprint density at radius 2 is 1.85 bits per heavy atom. The molecule has 0 bridgehead atoms. The number of hydrogen-bond acceptors (Lipinski definition) is 7. The number of pyridine rings is 1. The molecule has 3 heterocycles. The molecule has 192 valence electrons. The molecule has 0 radical (unpaired) electrons. The normalized spacial score (nSPS) is 15.7. The number of aldehydes is 1. The van der Waals surface area contributed by atoms with E-state index in [1.54, 1.807) is 17.5 Å². The summed E-state index contributed by atoms with van der Waals surface area (Å²) in [5.41, 5.74) is 7.18. The van der Waals surface area contributed by atoms with E-state index < -0.39 is 0 Å². The maximum absolute atomic E-state index is 9.17. The Labute approximate surface area is 211 Å². The second kappa shape index (κ2) is 19.5. The number of nitrogens with two attached hydrogens (primary N) is 1. The Kier molecular flexibility index (Phi) is 17.3. The van der Waals surface area contributed by atoms with Crippen LogP contribution >= 0.6 is 11.3 Å². The van der Waals surface area contributed by atoms with Gasteiger partial charge in [0.15, 0.2) is 0 Å². The number of fused-ring (bicyclic) bond motifs is 1. The zero-order valence-corrected chi connectivity index (χ0v) is 22.6. The van der Waals surface area contributed by atoms with Gasteiger partial charge in [-0.2, -0.15) is 0 Å². The summed E-state index contributed by atoms with van der Waals surface area (Å²) in [4.78, 5) is 20.5. The van der Waals surface area contributed by atoms with Gasteiger partial charge in [0.1, 0.15) is 6.29 Å². The van der Waals surface area contributed by atoms with Crippen molar-refractivity contribution in [3.05, 3.63) is 40.0 Å². The van der Waals surface area contributed by atoms with Crippen molar-refractivity contribution in [1.29, 1.82) is 0 Å². The summed E-state index contributed by atoms with van der Waals surface area (Å²) in [5, 5.41) is 3.10. The number of nitrogens with zero attached hydrogens (tertiary/aromatic N) is 3. The first kappa shape index (κ1) is 30.2. The van der Waals surface area contributed by atoms with Crippen LogP contribution in [0.1, 0.15) is 75.1 Å². The van der Waals surface area contributed by atoms with Crippen LogP contribution in [-0.2, 0) is 17.6 Å². The van der Waals surface area contributed by atoms with E-state index in [0.717, 1.165) is 42.5 Å². The van der Waals surface area contributed by atoms with Gasteiger partial charge in [-0.1, -0.05) is 45.1 Å². The molecule has 4 rings (SSSR count). The molecule has 0 unspecified atom stereocenters. The maximum Gasteiger partial charge on any atom is 0.213 e. The van der Waals surface area contributed by atoms with Crippen molar-refractivity contribution in [2.24, 2.45) is 11.7 Å². The molecule has 0 amide bonds. The fourth-order valence-electron chi connectivity index (χ4n) is 4.20. The summed E-state index contributed by atoms with van der Waals surface area (Å²) >= 11 is 1.67. The highest BCUT2D eigenvalue weighted by molar-refractivity contribution is 7.09. The van der Waals surface area contributed by atoms with E-state index in [1.165, 1.54) is 69.9 Å². The second-order valence-corrected chi connectivity index (χ2v) is 9.55. The molecule has 6 nitrogen and oxygen atoms in total. The SMILES string of the molecule is CCC=O.CCOc1ccc2c(n1)CCN(CCC1CCCCC1)CC2.CN.Cc1nccs1. The molecule has 0 aromatic carbocycles. The van der Waals surface area contributed by atoms with E-state index in [4.69, 9.17) is 9.72 Å². The topological polar surface area (TPSA) is 81.3 Å². The minimum Gasteiger partial charge on any atom is -0.478 e. The molecule has 1 aliphatic heterocycles. The number of rotatable bonds is 6. The molecule has 0 saturated heterocycles. The van der Waals surface area contributed by atoms with Crippen molar-refractivity contribution >= 4 is 17.6 Å². The van der Waals surface area contributed by atoms with Crippen molar-refractivity contribution in [2.45, 2.75) is 78.6 Å². The fourth-order valence-corrected chi connectivity index (χ4v) is 4.64. The van der Waals surface area contributed by atoms with Crippen LogP contribution < -0.4 is 10.5 Å². The van der Waals surface area contributed by atoms with Gasteiger partial charge in [0, 0.05) is 49.3 Å². The van der Waals surface area contributed by atoms with Crippen LogP contribution in [0.5, 0.6) is 5.88 Å². The zero-order valence-electron chi connectivity index (χ0n) is 21.8. The molecule has 1 aliphatic carbocycles. The lowest BCUT2D eigenvalue weighted by Crippen LogP contribution is -2.29. The number of thiazole rings is 1. The van der Waals surface area contributed by atoms with Crippen molar-refractivity contribution in [2.75, 3.05) is 33.3 Å². The van der Waals surface area contributed by atoms with Gasteiger partial charge < -0.3 is 20.2 Å². The minimum absolute atomic E-state index is 0.639. The van der Waals surface area contributed by atoms with Gasteiger partial charge in [-0.05, 0) is 51.8 Å². The van der Waals surface area contributed by atoms with E-state index in [-0.39, 0.29) is 0 Å². The average Bonchev–Trinajstić information content (AvgIpc) is 3.28. The Bertz CT molecular complexity index is 749. The van der Waals surface area contributed by atoms with Gasteiger partial charge in [0.05, 0.1) is 11.6 Å². The summed E-state index contributed by atoms with van der Waals surface area (Å²) in [7, 11) is 1.50. The molecule has 0 atom stereocenters. The molecule has 0 spiro atoms. The minimum atomic E-state index is 0.639. The number of carbonyl (C=O) groups excluding carboxylic acids is 1. The van der Waals surface area contributed by atoms with Crippen molar-refractivity contribution in [3.8, 4) is 5.88 Å². The summed E-state index contributed by atoms with van der Waals surface area (Å²) in [5.74, 6) is 1.78. The van der Waals surface area contributed by atoms with Crippen LogP contribution in [0.3, 0.4) is 0 Å². The third-order valence-electron chi connectivity index (χ3n) is 6.00. The molecular formula is C27H46N4O2S. The number of hydrogen-bond donors (Lipinski definition) is 1. The lowest BCUT2D eigenvalue weighted by Gasteiger charge is -2.26. The summed E-state index contributed by atoms with van der Waals surface area (Å²) in [6.07, 6.45) is 14.2. The molecular weight excluding hydrogens is 444 g/mol. The van der Waals surface area contributed by atoms with E-state index in [1.807, 2.05) is 32.2 Å². The van der Waals surface area contributed by atoms with Crippen LogP contribution in [-0.4, -0.2) is 54.4 Å². The van der Waals surface area contributed by atoms with Crippen LogP contribution in [0.25, 0.3) is 0 Å². The summed E-state index contributed by atoms with van der Waals surface area (Å²) in [6, 6.07) is 4.25. The summed E-state index contributed by atoms with van der Waals surface area (Å²) in [6.45, 7) is 10.1. The molecule has 7 heteroatoms. The first-order valence-corrected chi connectivity index (χ1v) is 13.8. The van der Waals surface area contributed by atoms with Crippen molar-refractivity contribution in [1.82, 2.24) is 14.9 Å². The Hall–Kier alpha value is -1.83. The van der Waals surface area contributed by atoms with Crippen LogP contribution in [0.4, 0.5) is 0 Å². The Balaban J connectivity index is 0.000000399. The van der Waals surface area contributed by atoms with Crippen LogP contribution in [0.2, 0.25) is 0 Å². The van der Waals surface area contributed by atoms with Crippen LogP contribution in [0.15, 0.2) is 23.7 Å². The molecule has 2 aromatic heterocycles. The predicted molar refractivity (Wildman–Crippen MR) is 144 cm³/mol. The highest BCUT2D eigenvalue weighted by Gasteiger charge is 2.18. The highest BCUT2D eigenvalue weighted by Crippen LogP contribution is 2.27. The van der Waals surface area contributed by atoms with Crippen molar-refractivity contribution < 1.29 is 9.53 Å². The lowest BCUT2D eigenvalue weighted by atomic mass is 9.87. The highest BCUT2D eigenvalue weighted by atomic mass is 32.1. The molecule has 1 saturated carbocycles. The third-order valence-corrected chi connectivity index (χ3v) is 6.70. The maximum atomic E-state index is 9.17. The zero-order chi connectivity index (χ0) is 25.0. The molecule has 2 aliphatic rings. The Morgan fingerprint density at radius 1 is 1.15 bits per heavy atom. The number of aryl methyl sites for hydroxylation is 1. The van der Waals surface area contributed by atoms with Crippen LogP contribution in [0, 0.1) is 12.8 Å². The number of carbonyl (C=O) groups is 1. The third kappa shape index (κ3) is 12.6. The molecule has 1 fully saturated rings. The van der Waals surface area contributed by atoms with Gasteiger partial charge >= 0.3 is 0 Å². The van der Waals surface area contributed by atoms with Gasteiger partial charge in [0.25, 0.3) is 0 Å². The van der Waals surface area contributed by atoms with Gasteiger partial charge in [-0.25, -0.2) is 4.98 Å². The molecule has 34 heavy (non-hydrogen) atoms. The van der Waals surface area contributed by atoms with Gasteiger partial charge in [-0.15, -0.1) is 11.3 Å². The van der Waals surface area contributed by atoms with E-state index >= 15 is 0 Å². The Morgan fingerprint density at radius 3 is 2.41 bits per heavy atom. The standard InChI is InChI=1S/C19H30N2O.C4H5NS.C3H6O.CH5N/c1-2-22-19-9-8-17-11-14-21(15-12-18(17)20-19)13-10-16-6-4-3-5-7-16;1-4-5-2-3-6-4;1-2-3-4;1-2/h8-9,16H,2-7,10-15H2,1H3;2-3H,1H3;3H,2H2,1H3;2H2,1H3. The van der Waals surface area contributed by atoms with Crippen molar-refractivity contribution in [3.63, 3.8) is 0 Å². The molecule has 2 aromatic rings. The first-order chi connectivity index (χ1) is 16.7. The van der Waals surface area contributed by atoms with Gasteiger partial charge in [0.2, 0.25) is 5.88 Å². The van der Waals surface area contributed by atoms with E-state index in [9.17, 15) is 4.79 Å². The first-order valence-electron chi connectivity index (χ1n) is 12.9.